The number of benzene rings is 1. The average molecular weight is 266 g/mol. The Morgan fingerprint density at radius 3 is 2.56 bits per heavy atom. The number of rotatable bonds is 4. The number of nitrogens with one attached hydrogen (secondary N) is 1. The minimum atomic E-state index is 0.0831. The lowest BCUT2D eigenvalue weighted by Gasteiger charge is -2.31. The van der Waals surface area contributed by atoms with Crippen molar-refractivity contribution in [1.29, 1.82) is 0 Å². The molecule has 0 radical (unpaired) electrons. The molecule has 2 rings (SSSR count). The Bertz CT molecular complexity index is 441. The summed E-state index contributed by atoms with van der Waals surface area (Å²) >= 11 is 5.92. The molecular formula is C14H20ClN3. The summed E-state index contributed by atoms with van der Waals surface area (Å²) in [4.78, 5) is 2.34. The molecule has 18 heavy (non-hydrogen) atoms. The van der Waals surface area contributed by atoms with E-state index >= 15 is 0 Å². The van der Waals surface area contributed by atoms with E-state index in [1.165, 1.54) is 5.69 Å². The van der Waals surface area contributed by atoms with Crippen molar-refractivity contribution >= 4 is 17.3 Å². The van der Waals surface area contributed by atoms with Crippen LogP contribution in [0.25, 0.3) is 0 Å². The van der Waals surface area contributed by atoms with Gasteiger partial charge in [0, 0.05) is 35.8 Å². The average Bonchev–Trinajstić information content (AvgIpc) is 2.68. The highest BCUT2D eigenvalue weighted by Gasteiger charge is 2.29. The van der Waals surface area contributed by atoms with Crippen LogP contribution in [0, 0.1) is 5.41 Å². The van der Waals surface area contributed by atoms with Crippen molar-refractivity contribution < 1.29 is 0 Å². The zero-order valence-electron chi connectivity index (χ0n) is 10.9. The molecule has 1 aromatic rings. The van der Waals surface area contributed by atoms with E-state index in [0.29, 0.717) is 0 Å². The monoisotopic (exact) mass is 265 g/mol. The molecule has 0 saturated heterocycles. The highest BCUT2D eigenvalue weighted by atomic mass is 35.5. The van der Waals surface area contributed by atoms with Crippen molar-refractivity contribution in [2.75, 3.05) is 24.5 Å². The van der Waals surface area contributed by atoms with Crippen LogP contribution in [0.4, 0.5) is 5.69 Å². The van der Waals surface area contributed by atoms with E-state index in [9.17, 15) is 0 Å². The molecule has 0 fully saturated rings. The van der Waals surface area contributed by atoms with Crippen molar-refractivity contribution in [3.8, 4) is 0 Å². The van der Waals surface area contributed by atoms with Crippen LogP contribution in [0.5, 0.6) is 0 Å². The molecule has 1 aliphatic rings. The van der Waals surface area contributed by atoms with Gasteiger partial charge in [0.05, 0.1) is 5.82 Å². The van der Waals surface area contributed by atoms with Crippen molar-refractivity contribution in [1.82, 2.24) is 5.32 Å². The smallest absolute Gasteiger partial charge is 0.0926 e. The molecule has 0 aliphatic carbocycles. The second-order valence-corrected chi connectivity index (χ2v) is 5.53. The molecule has 0 spiro atoms. The molecule has 4 heteroatoms. The van der Waals surface area contributed by atoms with E-state index in [1.807, 2.05) is 12.1 Å². The fourth-order valence-corrected chi connectivity index (χ4v) is 2.48. The number of nitrogens with two attached hydrogens (primary N) is 1. The molecule has 0 saturated carbocycles. The topological polar surface area (TPSA) is 41.3 Å². The number of hydrogen-bond donors (Lipinski definition) is 2. The predicted octanol–water partition coefficient (Wildman–Crippen LogP) is 2.58. The minimum absolute atomic E-state index is 0.0831. The molecular weight excluding hydrogens is 246 g/mol. The molecule has 3 nitrogen and oxygen atoms in total. The third kappa shape index (κ3) is 2.91. The molecule has 3 N–H and O–H groups in total. The summed E-state index contributed by atoms with van der Waals surface area (Å²) in [5, 5.41) is 3.96. The Labute approximate surface area is 114 Å². The molecule has 1 aromatic carbocycles. The Morgan fingerprint density at radius 1 is 1.39 bits per heavy atom. The van der Waals surface area contributed by atoms with E-state index in [2.05, 4.69) is 42.3 Å². The highest BCUT2D eigenvalue weighted by Crippen LogP contribution is 2.27. The normalized spacial score (nSPS) is 22.5. The van der Waals surface area contributed by atoms with E-state index < -0.39 is 0 Å². The standard InChI is InChI=1S/C14H20ClN3/c1-3-18(12-6-4-11(15)5-7-12)10-14(2)8-13(16)17-9-14/h4-8,17H,3,9-10,16H2,1-2H3/t14-/m0/s1. The quantitative estimate of drug-likeness (QED) is 0.879. The lowest BCUT2D eigenvalue weighted by Crippen LogP contribution is -2.37. The van der Waals surface area contributed by atoms with Crippen LogP contribution < -0.4 is 16.0 Å². The third-order valence-electron chi connectivity index (χ3n) is 3.33. The largest absolute Gasteiger partial charge is 0.386 e. The van der Waals surface area contributed by atoms with Crippen LogP contribution >= 0.6 is 11.6 Å². The summed E-state index contributed by atoms with van der Waals surface area (Å²) in [6.07, 6.45) is 2.12. The van der Waals surface area contributed by atoms with Gasteiger partial charge < -0.3 is 16.0 Å². The second-order valence-electron chi connectivity index (χ2n) is 5.10. The fraction of sp³-hybridized carbons (Fsp3) is 0.429. The van der Waals surface area contributed by atoms with Crippen LogP contribution in [0.2, 0.25) is 5.02 Å². The summed E-state index contributed by atoms with van der Waals surface area (Å²) < 4.78 is 0. The summed E-state index contributed by atoms with van der Waals surface area (Å²) in [6.45, 7) is 7.18. The molecule has 1 heterocycles. The summed E-state index contributed by atoms with van der Waals surface area (Å²) in [7, 11) is 0. The lowest BCUT2D eigenvalue weighted by molar-refractivity contribution is 0.439. The third-order valence-corrected chi connectivity index (χ3v) is 3.58. The van der Waals surface area contributed by atoms with Gasteiger partial charge in [-0.2, -0.15) is 0 Å². The first-order chi connectivity index (χ1) is 8.52. The fourth-order valence-electron chi connectivity index (χ4n) is 2.36. The van der Waals surface area contributed by atoms with Crippen molar-refractivity contribution in [2.24, 2.45) is 11.1 Å². The minimum Gasteiger partial charge on any atom is -0.386 e. The van der Waals surface area contributed by atoms with Crippen molar-refractivity contribution in [2.45, 2.75) is 13.8 Å². The molecule has 1 atom stereocenters. The molecule has 0 amide bonds. The maximum absolute atomic E-state index is 5.92. The van der Waals surface area contributed by atoms with E-state index in [4.69, 9.17) is 17.3 Å². The zero-order chi connectivity index (χ0) is 13.2. The van der Waals surface area contributed by atoms with Crippen molar-refractivity contribution in [3.63, 3.8) is 0 Å². The first-order valence-electron chi connectivity index (χ1n) is 6.25. The van der Waals surface area contributed by atoms with Gasteiger partial charge in [-0.1, -0.05) is 18.5 Å². The predicted molar refractivity (Wildman–Crippen MR) is 77.7 cm³/mol. The second kappa shape index (κ2) is 5.11. The van der Waals surface area contributed by atoms with Crippen LogP contribution in [-0.2, 0) is 0 Å². The molecule has 0 bridgehead atoms. The lowest BCUT2D eigenvalue weighted by atomic mass is 9.91. The van der Waals surface area contributed by atoms with Gasteiger partial charge in [0.1, 0.15) is 0 Å². The first kappa shape index (κ1) is 13.1. The van der Waals surface area contributed by atoms with Crippen LogP contribution in [0.1, 0.15) is 13.8 Å². The molecule has 0 unspecified atom stereocenters. The summed E-state index contributed by atoms with van der Waals surface area (Å²) in [5.41, 5.74) is 7.08. The maximum Gasteiger partial charge on any atom is 0.0926 e. The van der Waals surface area contributed by atoms with Crippen molar-refractivity contribution in [3.05, 3.63) is 41.2 Å². The van der Waals surface area contributed by atoms with Gasteiger partial charge in [-0.3, -0.25) is 0 Å². The van der Waals surface area contributed by atoms with Crippen LogP contribution in [0.15, 0.2) is 36.2 Å². The van der Waals surface area contributed by atoms with Gasteiger partial charge in [-0.15, -0.1) is 0 Å². The Morgan fingerprint density at radius 2 is 2.06 bits per heavy atom. The highest BCUT2D eigenvalue weighted by molar-refractivity contribution is 6.30. The summed E-state index contributed by atoms with van der Waals surface area (Å²) in [5.74, 6) is 0.782. The van der Waals surface area contributed by atoms with Gasteiger partial charge in [-0.25, -0.2) is 0 Å². The number of nitrogens with zero attached hydrogens (tertiary/aromatic N) is 1. The molecule has 98 valence electrons. The van der Waals surface area contributed by atoms with Gasteiger partial charge >= 0.3 is 0 Å². The number of anilines is 1. The Hall–Kier alpha value is -1.35. The van der Waals surface area contributed by atoms with E-state index in [1.54, 1.807) is 0 Å². The SMILES string of the molecule is CCN(C[C@@]1(C)C=C(N)NC1)c1ccc(Cl)cc1. The number of hydrogen-bond acceptors (Lipinski definition) is 3. The van der Waals surface area contributed by atoms with Crippen LogP contribution in [-0.4, -0.2) is 19.6 Å². The van der Waals surface area contributed by atoms with Gasteiger partial charge in [0.15, 0.2) is 0 Å². The van der Waals surface area contributed by atoms with E-state index in [0.717, 1.165) is 30.5 Å². The molecule has 0 aromatic heterocycles. The Balaban J connectivity index is 2.13. The number of halogens is 1. The Kier molecular flexibility index (Phi) is 3.71. The molecule has 1 aliphatic heterocycles. The summed E-state index contributed by atoms with van der Waals surface area (Å²) in [6, 6.07) is 7.98. The van der Waals surface area contributed by atoms with E-state index in [-0.39, 0.29) is 5.41 Å². The zero-order valence-corrected chi connectivity index (χ0v) is 11.7. The van der Waals surface area contributed by atoms with Crippen LogP contribution in [0.3, 0.4) is 0 Å². The van der Waals surface area contributed by atoms with Gasteiger partial charge in [0.25, 0.3) is 0 Å². The first-order valence-corrected chi connectivity index (χ1v) is 6.63. The maximum atomic E-state index is 5.92. The van der Waals surface area contributed by atoms with Gasteiger partial charge in [0.2, 0.25) is 0 Å². The van der Waals surface area contributed by atoms with Gasteiger partial charge in [-0.05, 0) is 37.3 Å².